The third kappa shape index (κ3) is 3.31. The van der Waals surface area contributed by atoms with Gasteiger partial charge in [0.25, 0.3) is 0 Å². The quantitative estimate of drug-likeness (QED) is 0.924. The Morgan fingerprint density at radius 2 is 1.95 bits per heavy atom. The second-order valence-corrected chi connectivity index (χ2v) is 7.56. The van der Waals surface area contributed by atoms with Crippen LogP contribution in [0.4, 0.5) is 0 Å². The fraction of sp³-hybridized carbons (Fsp3) is 0.812. The van der Waals surface area contributed by atoms with E-state index in [9.17, 15) is 0 Å². The first kappa shape index (κ1) is 15.4. The second-order valence-electron chi connectivity index (χ2n) is 6.45. The number of nitrogens with zero attached hydrogens (tertiary/aromatic N) is 3. The van der Waals surface area contributed by atoms with Gasteiger partial charge in [0.05, 0.1) is 11.7 Å². The van der Waals surface area contributed by atoms with Gasteiger partial charge in [-0.1, -0.05) is 6.92 Å². The van der Waals surface area contributed by atoms with Gasteiger partial charge in [-0.25, -0.2) is 4.98 Å². The minimum Gasteiger partial charge on any atom is -0.314 e. The molecule has 0 amide bonds. The highest BCUT2D eigenvalue weighted by Crippen LogP contribution is 2.33. The summed E-state index contributed by atoms with van der Waals surface area (Å²) in [6, 6.07) is 1.16. The summed E-state index contributed by atoms with van der Waals surface area (Å²) >= 11 is 1.97. The lowest BCUT2D eigenvalue weighted by atomic mass is 10.1. The average molecular weight is 308 g/mol. The lowest BCUT2D eigenvalue weighted by Crippen LogP contribution is -2.45. The molecular formula is C16H28N4S. The monoisotopic (exact) mass is 308 g/mol. The predicted molar refractivity (Wildman–Crippen MR) is 88.8 cm³/mol. The fourth-order valence-electron chi connectivity index (χ4n) is 3.40. The number of piperazine rings is 1. The standard InChI is InChI=1S/C16H28N4S/c1-4-14(19-9-6-17-7-10-19)16-18-13-5-8-20(12(2)3)11-15(13)21-16/h12,14,17H,4-11H2,1-3H3. The van der Waals surface area contributed by atoms with Crippen molar-refractivity contribution in [3.8, 4) is 0 Å². The van der Waals surface area contributed by atoms with Gasteiger partial charge in [-0.3, -0.25) is 9.80 Å². The number of rotatable bonds is 4. The molecule has 1 aromatic rings. The van der Waals surface area contributed by atoms with Crippen LogP contribution in [0.3, 0.4) is 0 Å². The Balaban J connectivity index is 1.76. The van der Waals surface area contributed by atoms with Crippen LogP contribution >= 0.6 is 11.3 Å². The topological polar surface area (TPSA) is 31.4 Å². The van der Waals surface area contributed by atoms with E-state index >= 15 is 0 Å². The molecule has 0 bridgehead atoms. The van der Waals surface area contributed by atoms with Crippen LogP contribution in [0, 0.1) is 0 Å². The Bertz CT molecular complexity index is 465. The largest absolute Gasteiger partial charge is 0.314 e. The van der Waals surface area contributed by atoms with Crippen LogP contribution in [0.15, 0.2) is 0 Å². The SMILES string of the molecule is CCC(c1nc2c(s1)CN(C(C)C)CC2)N1CCNCC1. The van der Waals surface area contributed by atoms with Gasteiger partial charge < -0.3 is 5.32 Å². The van der Waals surface area contributed by atoms with Crippen molar-refractivity contribution < 1.29 is 0 Å². The zero-order valence-corrected chi connectivity index (χ0v) is 14.4. The third-order valence-electron chi connectivity index (χ3n) is 4.77. The van der Waals surface area contributed by atoms with Crippen LogP contribution in [0.5, 0.6) is 0 Å². The van der Waals surface area contributed by atoms with Crippen molar-refractivity contribution in [2.24, 2.45) is 0 Å². The van der Waals surface area contributed by atoms with Crippen LogP contribution in [0.25, 0.3) is 0 Å². The van der Waals surface area contributed by atoms with Crippen molar-refractivity contribution in [1.82, 2.24) is 20.1 Å². The first-order chi connectivity index (χ1) is 10.2. The first-order valence-corrected chi connectivity index (χ1v) is 9.18. The summed E-state index contributed by atoms with van der Waals surface area (Å²) in [6.07, 6.45) is 2.29. The van der Waals surface area contributed by atoms with E-state index in [1.807, 2.05) is 11.3 Å². The molecule has 21 heavy (non-hydrogen) atoms. The molecule has 0 radical (unpaired) electrons. The number of hydrogen-bond donors (Lipinski definition) is 1. The van der Waals surface area contributed by atoms with Gasteiger partial charge >= 0.3 is 0 Å². The summed E-state index contributed by atoms with van der Waals surface area (Å²) in [5, 5.41) is 4.80. The lowest BCUT2D eigenvalue weighted by Gasteiger charge is -2.33. The molecule has 3 heterocycles. The van der Waals surface area contributed by atoms with E-state index in [2.05, 4.69) is 35.9 Å². The van der Waals surface area contributed by atoms with E-state index in [1.54, 1.807) is 0 Å². The van der Waals surface area contributed by atoms with E-state index < -0.39 is 0 Å². The molecule has 1 aromatic heterocycles. The molecule has 2 aliphatic rings. The molecule has 1 N–H and O–H groups in total. The molecule has 0 spiro atoms. The molecule has 1 atom stereocenters. The molecule has 4 nitrogen and oxygen atoms in total. The number of thiazole rings is 1. The number of hydrogen-bond acceptors (Lipinski definition) is 5. The highest BCUT2D eigenvalue weighted by Gasteiger charge is 2.27. The van der Waals surface area contributed by atoms with Gasteiger partial charge in [-0.05, 0) is 20.3 Å². The van der Waals surface area contributed by atoms with Gasteiger partial charge in [-0.15, -0.1) is 11.3 Å². The van der Waals surface area contributed by atoms with Gasteiger partial charge in [0, 0.05) is 56.6 Å². The predicted octanol–water partition coefficient (Wildman–Crippen LogP) is 2.27. The Hall–Kier alpha value is -0.490. The Morgan fingerprint density at radius 3 is 2.62 bits per heavy atom. The Morgan fingerprint density at radius 1 is 1.19 bits per heavy atom. The average Bonchev–Trinajstić information content (AvgIpc) is 2.91. The van der Waals surface area contributed by atoms with Crippen molar-refractivity contribution >= 4 is 11.3 Å². The molecule has 0 aliphatic carbocycles. The summed E-state index contributed by atoms with van der Waals surface area (Å²) in [5.41, 5.74) is 1.38. The number of nitrogens with one attached hydrogen (secondary N) is 1. The summed E-state index contributed by atoms with van der Waals surface area (Å²) in [5.74, 6) is 0. The zero-order chi connectivity index (χ0) is 14.8. The highest BCUT2D eigenvalue weighted by molar-refractivity contribution is 7.11. The maximum Gasteiger partial charge on any atom is 0.110 e. The lowest BCUT2D eigenvalue weighted by molar-refractivity contribution is 0.169. The molecule has 0 saturated carbocycles. The smallest absolute Gasteiger partial charge is 0.110 e. The van der Waals surface area contributed by atoms with E-state index in [0.717, 1.165) is 45.7 Å². The Kier molecular flexibility index (Phi) is 4.94. The molecule has 3 rings (SSSR count). The minimum absolute atomic E-state index is 0.523. The highest BCUT2D eigenvalue weighted by atomic mass is 32.1. The summed E-state index contributed by atoms with van der Waals surface area (Å²) < 4.78 is 0. The van der Waals surface area contributed by atoms with E-state index in [1.165, 1.54) is 22.0 Å². The first-order valence-electron chi connectivity index (χ1n) is 8.36. The second kappa shape index (κ2) is 6.73. The molecular weight excluding hydrogens is 280 g/mol. The van der Waals surface area contributed by atoms with Gasteiger partial charge in [0.1, 0.15) is 5.01 Å². The number of fused-ring (bicyclic) bond motifs is 1. The minimum atomic E-state index is 0.523. The van der Waals surface area contributed by atoms with Crippen molar-refractivity contribution in [3.05, 3.63) is 15.6 Å². The van der Waals surface area contributed by atoms with Gasteiger partial charge in [-0.2, -0.15) is 0 Å². The van der Waals surface area contributed by atoms with Crippen molar-refractivity contribution in [1.29, 1.82) is 0 Å². The molecule has 118 valence electrons. The number of aromatic nitrogens is 1. The van der Waals surface area contributed by atoms with Crippen LogP contribution in [-0.2, 0) is 13.0 Å². The third-order valence-corrected chi connectivity index (χ3v) is 5.96. The van der Waals surface area contributed by atoms with E-state index in [-0.39, 0.29) is 0 Å². The molecule has 5 heteroatoms. The molecule has 1 unspecified atom stereocenters. The van der Waals surface area contributed by atoms with Gasteiger partial charge in [0.2, 0.25) is 0 Å². The van der Waals surface area contributed by atoms with Crippen molar-refractivity contribution in [2.75, 3.05) is 32.7 Å². The molecule has 0 aromatic carbocycles. The maximum absolute atomic E-state index is 5.02. The maximum atomic E-state index is 5.02. The zero-order valence-electron chi connectivity index (χ0n) is 13.6. The summed E-state index contributed by atoms with van der Waals surface area (Å²) in [6.45, 7) is 13.7. The molecule has 1 saturated heterocycles. The van der Waals surface area contributed by atoms with Crippen LogP contribution < -0.4 is 5.32 Å². The van der Waals surface area contributed by atoms with E-state index in [0.29, 0.717) is 12.1 Å². The molecule has 1 fully saturated rings. The summed E-state index contributed by atoms with van der Waals surface area (Å²) in [7, 11) is 0. The summed E-state index contributed by atoms with van der Waals surface area (Å²) in [4.78, 5) is 11.7. The van der Waals surface area contributed by atoms with Crippen LogP contribution in [-0.4, -0.2) is 53.5 Å². The van der Waals surface area contributed by atoms with Gasteiger partial charge in [0.15, 0.2) is 0 Å². The Labute approximate surface area is 132 Å². The van der Waals surface area contributed by atoms with Crippen molar-refractivity contribution in [3.63, 3.8) is 0 Å². The van der Waals surface area contributed by atoms with E-state index in [4.69, 9.17) is 4.98 Å². The van der Waals surface area contributed by atoms with Crippen LogP contribution in [0.2, 0.25) is 0 Å². The normalized spacial score (nSPS) is 22.5. The fourth-order valence-corrected chi connectivity index (χ4v) is 4.76. The van der Waals surface area contributed by atoms with Crippen LogP contribution in [0.1, 0.15) is 48.8 Å². The molecule has 2 aliphatic heterocycles. The van der Waals surface area contributed by atoms with Crippen molar-refractivity contribution in [2.45, 2.75) is 52.2 Å².